The number of nitrogens with two attached hydrogens (primary N) is 1. The van der Waals surface area contributed by atoms with Crippen LogP contribution in [-0.4, -0.2) is 158 Å². The molecule has 2 aromatic rings. The first-order chi connectivity index (χ1) is 34.3. The molecule has 3 aliphatic rings. The van der Waals surface area contributed by atoms with Gasteiger partial charge in [-0.2, -0.15) is 13.6 Å². The van der Waals surface area contributed by atoms with Crippen LogP contribution in [0, 0.1) is 13.8 Å². The maximum absolute atomic E-state index is 15.6. The zero-order chi connectivity index (χ0) is 53.6. The Morgan fingerprint density at radius 3 is 2.25 bits per heavy atom. The summed E-state index contributed by atoms with van der Waals surface area (Å²) in [5, 5.41) is 5.60. The number of carbonyl (C=O) groups excluding carboxylic acids is 2. The van der Waals surface area contributed by atoms with Crippen LogP contribution >= 0.6 is 45.1 Å². The molecule has 26 nitrogen and oxygen atoms in total. The Hall–Kier alpha value is -3.16. The fourth-order valence-corrected chi connectivity index (χ4v) is 12.7. The lowest BCUT2D eigenvalue weighted by Crippen LogP contribution is -2.50. The number of anilines is 1. The SMILES string of the molecule is Cc1cc(C)n2c1C=C1C=CC(CCC(=O)NCCOCCOCCOCCOCCC(=O)NCC(C)(C)SSCOC3C[C@H](n4ccc(N)nc4=O)O[C@@H]3COP(=O)(O)OP(=O)(O)OP(=O)(O)O)=[N+]1[B-]2(F)F. The summed E-state index contributed by atoms with van der Waals surface area (Å²) in [6, 6.07) is 3.08. The quantitative estimate of drug-likeness (QED) is 0.0177. The topological polar surface area (TPSA) is 342 Å². The maximum Gasteiger partial charge on any atom is 0.737 e. The normalized spacial score (nSPS) is 20.1. The predicted octanol–water partition coefficient (Wildman–Crippen LogP) is 3.15. The van der Waals surface area contributed by atoms with Crippen LogP contribution in [0.2, 0.25) is 0 Å². The van der Waals surface area contributed by atoms with E-state index in [4.69, 9.17) is 48.5 Å². The number of allylic oxidation sites excluding steroid dienone is 2. The van der Waals surface area contributed by atoms with Crippen LogP contribution in [0.3, 0.4) is 0 Å². The van der Waals surface area contributed by atoms with Crippen molar-refractivity contribution in [3.8, 4) is 0 Å². The summed E-state index contributed by atoms with van der Waals surface area (Å²) in [6.07, 6.45) is 3.57. The van der Waals surface area contributed by atoms with Crippen molar-refractivity contribution < 1.29 is 97.5 Å². The molecule has 0 aliphatic carbocycles. The third-order valence-electron chi connectivity index (χ3n) is 10.7. The Morgan fingerprint density at radius 1 is 0.945 bits per heavy atom. The van der Waals surface area contributed by atoms with Gasteiger partial charge in [0.05, 0.1) is 65.6 Å². The molecule has 34 heteroatoms. The molecule has 5 atom stereocenters. The molecule has 1 saturated heterocycles. The largest absolute Gasteiger partial charge is 0.737 e. The molecule has 0 saturated carbocycles. The minimum atomic E-state index is -5.77. The predicted molar refractivity (Wildman–Crippen MR) is 263 cm³/mol. The first-order valence-electron chi connectivity index (χ1n) is 22.6. The number of nitrogens with zero attached hydrogens (tertiary/aromatic N) is 4. The lowest BCUT2D eigenvalue weighted by Gasteiger charge is -2.30. The van der Waals surface area contributed by atoms with Crippen molar-refractivity contribution in [3.63, 3.8) is 0 Å². The summed E-state index contributed by atoms with van der Waals surface area (Å²) < 4.78 is 115. The van der Waals surface area contributed by atoms with Gasteiger partial charge < -0.3 is 82.0 Å². The van der Waals surface area contributed by atoms with Crippen molar-refractivity contribution in [2.45, 2.75) is 76.6 Å². The standard InChI is InChI=1S/C39H61BF2N7O19P3S2/c1-27-21-28(2)48-31(27)22-30-6-5-29(49(30)40(48,41)42)7-8-35(50)44-11-14-61-16-18-63-20-19-62-17-15-60-13-10-36(51)45-25-39(3,4)73-72-26-64-32-23-37(47-12-9-34(43)46-38(47)52)66-33(32)24-65-70(56,57)68-71(58,59)67-69(53,54)55/h5-6,9,12,21-22,32-33,37H,7-8,10-11,13-20,23-26H2,1-4H3,(H,44,50)(H,45,51)(H,56,57)(H,58,59)(H2,43,46,52)(H2,53,54,55)/t32?,33-,37-/m1/s1. The van der Waals surface area contributed by atoms with Crippen LogP contribution in [0.4, 0.5) is 14.4 Å². The fraction of sp³-hybridized carbons (Fsp3) is 0.615. The number of hydrogen-bond acceptors (Lipinski definition) is 19. The van der Waals surface area contributed by atoms with Crippen LogP contribution in [0.1, 0.15) is 62.7 Å². The van der Waals surface area contributed by atoms with Crippen molar-refractivity contribution in [2.75, 3.05) is 84.2 Å². The molecular formula is C39H61BF2N7O19P3S2. The number of halogens is 2. The first-order valence-corrected chi connectivity index (χ1v) is 29.4. The molecular weight excluding hydrogens is 1080 g/mol. The summed E-state index contributed by atoms with van der Waals surface area (Å²) in [4.78, 5) is 78.0. The first kappa shape index (κ1) is 60.7. The molecule has 2 amide bonds. The summed E-state index contributed by atoms with van der Waals surface area (Å²) in [5.41, 5.74) is 7.38. The van der Waals surface area contributed by atoms with Crippen molar-refractivity contribution >= 4 is 81.4 Å². The van der Waals surface area contributed by atoms with Gasteiger partial charge in [-0.25, -0.2) is 18.5 Å². The molecule has 3 unspecified atom stereocenters. The van der Waals surface area contributed by atoms with Gasteiger partial charge >= 0.3 is 36.1 Å². The van der Waals surface area contributed by atoms with Gasteiger partial charge in [0.15, 0.2) is 5.70 Å². The number of hydrogen-bond donors (Lipinski definition) is 7. The molecule has 73 heavy (non-hydrogen) atoms. The fourth-order valence-electron chi connectivity index (χ4n) is 7.46. The van der Waals surface area contributed by atoms with E-state index in [1.54, 1.807) is 31.2 Å². The maximum atomic E-state index is 15.6. The average Bonchev–Trinajstić information content (AvgIpc) is 3.98. The van der Waals surface area contributed by atoms with Crippen LogP contribution < -0.4 is 22.1 Å². The van der Waals surface area contributed by atoms with E-state index < -0.39 is 65.9 Å². The van der Waals surface area contributed by atoms with Crippen molar-refractivity contribution in [1.82, 2.24) is 24.7 Å². The lowest BCUT2D eigenvalue weighted by atomic mass is 9.90. The van der Waals surface area contributed by atoms with E-state index in [1.165, 1.54) is 33.9 Å². The van der Waals surface area contributed by atoms with Gasteiger partial charge in [0.2, 0.25) is 11.8 Å². The second kappa shape index (κ2) is 27.2. The average molecular weight is 1140 g/mol. The Morgan fingerprint density at radius 2 is 1.59 bits per heavy atom. The number of ether oxygens (including phenoxy) is 6. The number of nitrogens with one attached hydrogen (secondary N) is 2. The van der Waals surface area contributed by atoms with E-state index in [-0.39, 0.29) is 88.8 Å². The van der Waals surface area contributed by atoms with Gasteiger partial charge in [0.25, 0.3) is 0 Å². The number of fused-ring (bicyclic) bond motifs is 2. The third kappa shape index (κ3) is 19.4. The molecule has 3 aliphatic heterocycles. The molecule has 0 spiro atoms. The Kier molecular flexibility index (Phi) is 22.7. The number of carbonyl (C=O) groups is 2. The van der Waals surface area contributed by atoms with E-state index in [0.29, 0.717) is 49.2 Å². The van der Waals surface area contributed by atoms with Gasteiger partial charge in [0.1, 0.15) is 29.8 Å². The summed E-state index contributed by atoms with van der Waals surface area (Å²) in [5.74, 6) is -0.552. The van der Waals surface area contributed by atoms with Crippen molar-refractivity contribution in [1.29, 1.82) is 0 Å². The molecule has 0 aromatic carbocycles. The zero-order valence-electron chi connectivity index (χ0n) is 40.3. The number of nitrogen functional groups attached to an aromatic ring is 1. The monoisotopic (exact) mass is 1140 g/mol. The molecule has 410 valence electrons. The highest BCUT2D eigenvalue weighted by molar-refractivity contribution is 8.77. The van der Waals surface area contributed by atoms with E-state index >= 15 is 8.63 Å². The number of rotatable bonds is 33. The molecule has 5 heterocycles. The molecule has 2 aromatic heterocycles. The lowest BCUT2D eigenvalue weighted by molar-refractivity contribution is -0.362. The number of aromatic nitrogens is 3. The summed E-state index contributed by atoms with van der Waals surface area (Å²) >= 11 is 0. The Labute approximate surface area is 426 Å². The minimum absolute atomic E-state index is 0.000569. The summed E-state index contributed by atoms with van der Waals surface area (Å²) in [6.45, 7) is 5.06. The Balaban J connectivity index is 0.860. The van der Waals surface area contributed by atoms with E-state index in [2.05, 4.69) is 24.2 Å². The summed E-state index contributed by atoms with van der Waals surface area (Å²) in [7, 11) is -14.2. The highest BCUT2D eigenvalue weighted by Crippen LogP contribution is 2.66. The van der Waals surface area contributed by atoms with E-state index in [0.717, 1.165) is 19.1 Å². The third-order valence-corrected chi connectivity index (χ3v) is 17.4. The van der Waals surface area contributed by atoms with Crippen LogP contribution in [0.15, 0.2) is 41.0 Å². The molecule has 0 bridgehead atoms. The van der Waals surface area contributed by atoms with Crippen molar-refractivity contribution in [3.05, 3.63) is 63.6 Å². The van der Waals surface area contributed by atoms with Crippen LogP contribution in [-0.2, 0) is 64.9 Å². The van der Waals surface area contributed by atoms with Gasteiger partial charge in [-0.1, -0.05) is 21.6 Å². The van der Waals surface area contributed by atoms with Gasteiger partial charge in [0, 0.05) is 73.6 Å². The molecule has 1 fully saturated rings. The number of amides is 2. The molecule has 8 N–H and O–H groups in total. The number of phosphoric ester groups is 1. The van der Waals surface area contributed by atoms with Crippen molar-refractivity contribution in [2.24, 2.45) is 0 Å². The Bertz CT molecular complexity index is 2550. The number of aryl methyl sites for hydroxylation is 2. The molecule has 0 radical (unpaired) electrons. The molecule has 5 rings (SSSR count). The van der Waals surface area contributed by atoms with Gasteiger partial charge in [-0.15, -0.1) is 0 Å². The number of phosphoric acid groups is 3. The van der Waals surface area contributed by atoms with Gasteiger partial charge in [-0.3, -0.25) is 18.7 Å². The van der Waals surface area contributed by atoms with Crippen LogP contribution in [0.5, 0.6) is 0 Å². The highest BCUT2D eigenvalue weighted by Gasteiger charge is 2.52. The van der Waals surface area contributed by atoms with Gasteiger partial charge in [-0.05, 0) is 51.1 Å². The van der Waals surface area contributed by atoms with Crippen LogP contribution in [0.25, 0.3) is 6.08 Å². The highest BCUT2D eigenvalue weighted by atomic mass is 33.1. The van der Waals surface area contributed by atoms with E-state index in [1.807, 2.05) is 20.8 Å². The second-order valence-corrected chi connectivity index (χ2v) is 24.4. The smallest absolute Gasteiger partial charge is 0.394 e. The minimum Gasteiger partial charge on any atom is -0.394 e. The second-order valence-electron chi connectivity index (χ2n) is 17.0. The van der Waals surface area contributed by atoms with E-state index in [9.17, 15) is 37.9 Å². The zero-order valence-corrected chi connectivity index (χ0v) is 44.6.